The molecule has 184 valence electrons. The van der Waals surface area contributed by atoms with Gasteiger partial charge in [-0.1, -0.05) is 45.7 Å². The van der Waals surface area contributed by atoms with Gasteiger partial charge >= 0.3 is 0 Å². The van der Waals surface area contributed by atoms with Crippen LogP contribution in [0.1, 0.15) is 22.0 Å². The number of methoxy groups -OCH3 is 2. The van der Waals surface area contributed by atoms with Crippen LogP contribution in [0.4, 0.5) is 5.69 Å². The van der Waals surface area contributed by atoms with Crippen molar-refractivity contribution in [3.63, 3.8) is 0 Å². The summed E-state index contributed by atoms with van der Waals surface area (Å²) in [7, 11) is 3.04. The predicted molar refractivity (Wildman–Crippen MR) is 137 cm³/mol. The molecule has 3 atom stereocenters. The number of fused-ring (bicyclic) bond motifs is 1. The number of anilines is 1. The number of hydrogen-bond acceptors (Lipinski definition) is 6. The third-order valence-corrected chi connectivity index (χ3v) is 7.20. The Balaban J connectivity index is 1.64. The van der Waals surface area contributed by atoms with E-state index < -0.39 is 35.7 Å². The number of amides is 3. The van der Waals surface area contributed by atoms with Crippen molar-refractivity contribution in [1.29, 1.82) is 0 Å². The van der Waals surface area contributed by atoms with Gasteiger partial charge in [0.1, 0.15) is 17.5 Å². The molecule has 2 saturated heterocycles. The lowest BCUT2D eigenvalue weighted by atomic mass is 9.90. The van der Waals surface area contributed by atoms with Crippen molar-refractivity contribution in [2.24, 2.45) is 5.92 Å². The molecule has 3 aromatic carbocycles. The van der Waals surface area contributed by atoms with E-state index in [1.807, 2.05) is 0 Å². The van der Waals surface area contributed by atoms with Crippen LogP contribution in [0, 0.1) is 5.92 Å². The lowest BCUT2D eigenvalue weighted by Crippen LogP contribution is -2.48. The Bertz CT molecular complexity index is 1380. The number of nitrogens with zero attached hydrogens (tertiary/aromatic N) is 2. The van der Waals surface area contributed by atoms with Gasteiger partial charge in [-0.2, -0.15) is 0 Å². The molecule has 3 aromatic rings. The maximum absolute atomic E-state index is 13.8. The van der Waals surface area contributed by atoms with E-state index in [2.05, 4.69) is 21.4 Å². The topological polar surface area (TPSA) is 88.2 Å². The van der Waals surface area contributed by atoms with E-state index in [1.54, 1.807) is 66.7 Å². The van der Waals surface area contributed by atoms with E-state index in [-0.39, 0.29) is 10.7 Å². The fourth-order valence-corrected chi connectivity index (χ4v) is 5.37. The minimum absolute atomic E-state index is 0.257. The minimum atomic E-state index is -1.10. The number of hydrazine groups is 1. The highest BCUT2D eigenvalue weighted by atomic mass is 79.9. The first-order valence-corrected chi connectivity index (χ1v) is 12.2. The first kappa shape index (κ1) is 24.3. The van der Waals surface area contributed by atoms with Gasteiger partial charge in [-0.25, -0.2) is 10.3 Å². The molecule has 2 aliphatic rings. The first-order chi connectivity index (χ1) is 17.3. The maximum atomic E-state index is 13.8. The van der Waals surface area contributed by atoms with Crippen molar-refractivity contribution in [2.45, 2.75) is 12.1 Å². The molecule has 0 unspecified atom stereocenters. The van der Waals surface area contributed by atoms with Gasteiger partial charge in [0.15, 0.2) is 0 Å². The fraction of sp³-hybridized carbons (Fsp3) is 0.192. The second-order valence-electron chi connectivity index (χ2n) is 8.33. The molecule has 0 radical (unpaired) electrons. The molecule has 10 heteroatoms. The monoisotopic (exact) mass is 569 g/mol. The van der Waals surface area contributed by atoms with Crippen LogP contribution in [-0.4, -0.2) is 43.0 Å². The van der Waals surface area contributed by atoms with Gasteiger partial charge < -0.3 is 9.47 Å². The van der Waals surface area contributed by atoms with E-state index >= 15 is 0 Å². The molecule has 2 aliphatic heterocycles. The third-order valence-electron chi connectivity index (χ3n) is 6.39. The number of carbonyl (C=O) groups excluding carboxylic acids is 3. The van der Waals surface area contributed by atoms with E-state index in [0.717, 1.165) is 4.90 Å². The second kappa shape index (κ2) is 9.57. The molecular weight excluding hydrogens is 550 g/mol. The average molecular weight is 571 g/mol. The summed E-state index contributed by atoms with van der Waals surface area (Å²) in [6.45, 7) is 0. The van der Waals surface area contributed by atoms with E-state index in [4.69, 9.17) is 21.1 Å². The lowest BCUT2D eigenvalue weighted by Gasteiger charge is -2.26. The van der Waals surface area contributed by atoms with Crippen LogP contribution in [0.3, 0.4) is 0 Å². The Morgan fingerprint density at radius 2 is 1.75 bits per heavy atom. The number of halogens is 2. The summed E-state index contributed by atoms with van der Waals surface area (Å²) < 4.78 is 11.7. The van der Waals surface area contributed by atoms with Crippen molar-refractivity contribution >= 4 is 50.9 Å². The molecule has 2 fully saturated rings. The van der Waals surface area contributed by atoms with Crippen molar-refractivity contribution in [3.05, 3.63) is 87.4 Å². The summed E-state index contributed by atoms with van der Waals surface area (Å²) in [4.78, 5) is 42.3. The Labute approximate surface area is 220 Å². The summed E-state index contributed by atoms with van der Waals surface area (Å²) >= 11 is 9.74. The number of carbonyl (C=O) groups is 3. The van der Waals surface area contributed by atoms with Crippen LogP contribution in [-0.2, 0) is 9.59 Å². The Kier molecular flexibility index (Phi) is 6.46. The zero-order valence-corrected chi connectivity index (χ0v) is 21.6. The zero-order chi connectivity index (χ0) is 25.6. The van der Waals surface area contributed by atoms with Crippen LogP contribution < -0.4 is 19.8 Å². The van der Waals surface area contributed by atoms with Crippen LogP contribution in [0.2, 0.25) is 5.02 Å². The van der Waals surface area contributed by atoms with Crippen molar-refractivity contribution in [3.8, 4) is 11.5 Å². The van der Waals surface area contributed by atoms with Gasteiger partial charge in [0.25, 0.3) is 11.8 Å². The van der Waals surface area contributed by atoms with Gasteiger partial charge in [-0.05, 0) is 48.5 Å². The van der Waals surface area contributed by atoms with Crippen molar-refractivity contribution < 1.29 is 23.9 Å². The molecule has 3 amide bonds. The number of ether oxygens (including phenoxy) is 2. The maximum Gasteiger partial charge on any atom is 0.268 e. The highest BCUT2D eigenvalue weighted by Gasteiger charge is 2.61. The smallest absolute Gasteiger partial charge is 0.268 e. The molecule has 8 nitrogen and oxygen atoms in total. The van der Waals surface area contributed by atoms with Crippen LogP contribution >= 0.6 is 27.5 Å². The number of benzene rings is 3. The summed E-state index contributed by atoms with van der Waals surface area (Å²) in [5, 5.41) is 1.50. The third kappa shape index (κ3) is 3.93. The quantitative estimate of drug-likeness (QED) is 0.458. The molecule has 0 aliphatic carbocycles. The first-order valence-electron chi connectivity index (χ1n) is 11.0. The number of para-hydroxylation sites is 1. The second-order valence-corrected chi connectivity index (χ2v) is 9.66. The van der Waals surface area contributed by atoms with E-state index in [1.165, 1.54) is 19.2 Å². The van der Waals surface area contributed by atoms with E-state index in [9.17, 15) is 14.4 Å². The SMILES string of the molecule is COc1ccc(OC)c([C@@H]2NN(C(=O)c3cccc(Br)c3)[C@H]3C(=O)N(c4ccccc4Cl)C(=O)[C@@H]23)c1. The standard InChI is InChI=1S/C26H21BrClN3O5/c1-35-16-10-11-20(36-2)17(13-16)22-21-23(31(29-22)24(32)14-6-5-7-15(27)12-14)26(34)30(25(21)33)19-9-4-3-8-18(19)28/h3-13,21-23,29H,1-2H3/t21-,22-,23+/m0/s1. The molecule has 36 heavy (non-hydrogen) atoms. The zero-order valence-electron chi connectivity index (χ0n) is 19.3. The number of imide groups is 1. The Morgan fingerprint density at radius 1 is 0.972 bits per heavy atom. The predicted octanol–water partition coefficient (Wildman–Crippen LogP) is 4.38. The highest BCUT2D eigenvalue weighted by molar-refractivity contribution is 9.10. The lowest BCUT2D eigenvalue weighted by molar-refractivity contribution is -0.123. The summed E-state index contributed by atoms with van der Waals surface area (Å²) in [6.07, 6.45) is 0. The van der Waals surface area contributed by atoms with E-state index in [0.29, 0.717) is 27.1 Å². The van der Waals surface area contributed by atoms with Gasteiger partial charge in [0.05, 0.1) is 36.9 Å². The fourth-order valence-electron chi connectivity index (χ4n) is 4.75. The van der Waals surface area contributed by atoms with Crippen molar-refractivity contribution in [2.75, 3.05) is 19.1 Å². The minimum Gasteiger partial charge on any atom is -0.497 e. The molecule has 0 saturated carbocycles. The summed E-state index contributed by atoms with van der Waals surface area (Å²) in [5.41, 5.74) is 4.34. The van der Waals surface area contributed by atoms with Crippen LogP contribution in [0.15, 0.2) is 71.2 Å². The number of hydrogen-bond donors (Lipinski definition) is 1. The highest BCUT2D eigenvalue weighted by Crippen LogP contribution is 2.46. The largest absolute Gasteiger partial charge is 0.497 e. The van der Waals surface area contributed by atoms with Gasteiger partial charge in [-0.15, -0.1) is 0 Å². The molecule has 5 rings (SSSR count). The molecule has 2 heterocycles. The average Bonchev–Trinajstić information content (AvgIpc) is 3.40. The summed E-state index contributed by atoms with van der Waals surface area (Å²) in [5.74, 6) is -1.35. The van der Waals surface area contributed by atoms with Gasteiger partial charge in [0, 0.05) is 15.6 Å². The molecule has 0 spiro atoms. The van der Waals surface area contributed by atoms with Gasteiger partial charge in [-0.3, -0.25) is 19.4 Å². The molecule has 1 N–H and O–H groups in total. The van der Waals surface area contributed by atoms with Gasteiger partial charge in [0.2, 0.25) is 5.91 Å². The number of rotatable bonds is 5. The molecular formula is C26H21BrClN3O5. The van der Waals surface area contributed by atoms with Crippen LogP contribution in [0.5, 0.6) is 11.5 Å². The molecule has 0 aromatic heterocycles. The molecule has 0 bridgehead atoms. The Hall–Kier alpha value is -3.40. The van der Waals surface area contributed by atoms with Crippen LogP contribution in [0.25, 0.3) is 0 Å². The summed E-state index contributed by atoms with van der Waals surface area (Å²) in [6, 6.07) is 16.8. The number of nitrogens with one attached hydrogen (secondary N) is 1. The normalized spacial score (nSPS) is 21.1. The Morgan fingerprint density at radius 3 is 2.44 bits per heavy atom. The van der Waals surface area contributed by atoms with Crippen molar-refractivity contribution in [1.82, 2.24) is 10.4 Å².